The molecule has 42 heavy (non-hydrogen) atoms. The number of fused-ring (bicyclic) bond motifs is 3. The monoisotopic (exact) mass is 589 g/mol. The summed E-state index contributed by atoms with van der Waals surface area (Å²) in [5, 5.41) is 6.30. The second-order valence-electron chi connectivity index (χ2n) is 10.3. The van der Waals surface area contributed by atoms with Crippen LogP contribution in [0, 0.1) is 0 Å². The highest BCUT2D eigenvalue weighted by atomic mass is 32.2. The zero-order valence-corrected chi connectivity index (χ0v) is 23.5. The molecular weight excluding hydrogens is 561 g/mol. The van der Waals surface area contributed by atoms with E-state index in [4.69, 9.17) is 9.47 Å². The third-order valence-corrected chi connectivity index (χ3v) is 8.35. The molecule has 0 aliphatic carbocycles. The molecule has 0 saturated carbocycles. The van der Waals surface area contributed by atoms with E-state index in [0.717, 1.165) is 26.4 Å². The second-order valence-corrected chi connectivity index (χ2v) is 11.4. The maximum atomic E-state index is 15.6. The van der Waals surface area contributed by atoms with E-state index in [1.165, 1.54) is 12.0 Å². The van der Waals surface area contributed by atoms with Crippen LogP contribution in [0.2, 0.25) is 0 Å². The molecule has 3 N–H and O–H groups in total. The lowest BCUT2D eigenvalue weighted by molar-refractivity contribution is -0.137. The van der Waals surface area contributed by atoms with Gasteiger partial charge in [0.05, 0.1) is 36.0 Å². The molecule has 1 fully saturated rings. The molecule has 1 saturated heterocycles. The van der Waals surface area contributed by atoms with Crippen LogP contribution in [0.4, 0.5) is 4.39 Å². The largest absolute Gasteiger partial charge is 0.455 e. The van der Waals surface area contributed by atoms with Gasteiger partial charge in [-0.15, -0.1) is 0 Å². The summed E-state index contributed by atoms with van der Waals surface area (Å²) in [5.41, 5.74) is 0.0332. The molecule has 2 aromatic carbocycles. The molecule has 4 aromatic rings. The number of amides is 3. The van der Waals surface area contributed by atoms with Crippen molar-refractivity contribution in [2.45, 2.75) is 34.5 Å². The van der Waals surface area contributed by atoms with Crippen LogP contribution < -0.4 is 15.4 Å². The van der Waals surface area contributed by atoms with Crippen LogP contribution >= 0.6 is 11.8 Å². The summed E-state index contributed by atoms with van der Waals surface area (Å²) in [5.74, 6) is -0.313. The van der Waals surface area contributed by atoms with Gasteiger partial charge >= 0.3 is 0 Å². The fourth-order valence-electron chi connectivity index (χ4n) is 5.25. The van der Waals surface area contributed by atoms with Gasteiger partial charge in [0.15, 0.2) is 5.67 Å². The molecular formula is C30H28FN5O5S. The van der Waals surface area contributed by atoms with Gasteiger partial charge in [0, 0.05) is 48.1 Å². The number of methoxy groups -OCH3 is 1. The first-order valence-electron chi connectivity index (χ1n) is 13.4. The summed E-state index contributed by atoms with van der Waals surface area (Å²) in [6.45, 7) is -0.834. The van der Waals surface area contributed by atoms with E-state index < -0.39 is 36.0 Å². The molecule has 2 aromatic heterocycles. The fourth-order valence-corrected chi connectivity index (χ4v) is 6.18. The van der Waals surface area contributed by atoms with Crippen molar-refractivity contribution in [1.82, 2.24) is 25.5 Å². The maximum Gasteiger partial charge on any atom is 0.251 e. The van der Waals surface area contributed by atoms with Crippen molar-refractivity contribution >= 4 is 40.4 Å². The molecule has 2 aliphatic heterocycles. The van der Waals surface area contributed by atoms with Gasteiger partial charge in [0.2, 0.25) is 11.8 Å². The Kier molecular flexibility index (Phi) is 7.56. The van der Waals surface area contributed by atoms with Gasteiger partial charge < -0.3 is 30.0 Å². The molecule has 4 heterocycles. The Morgan fingerprint density at radius 2 is 1.98 bits per heavy atom. The first kappa shape index (κ1) is 27.7. The van der Waals surface area contributed by atoms with Gasteiger partial charge in [-0.25, -0.2) is 4.39 Å². The highest BCUT2D eigenvalue weighted by Gasteiger charge is 2.49. The molecule has 0 bridgehead atoms. The quantitative estimate of drug-likeness (QED) is 0.251. The summed E-state index contributed by atoms with van der Waals surface area (Å²) < 4.78 is 26.5. The number of pyridine rings is 1. The Bertz CT molecular complexity index is 1650. The van der Waals surface area contributed by atoms with Crippen LogP contribution in [0.3, 0.4) is 0 Å². The number of aromatic amines is 1. The number of carbonyl (C=O) groups excluding carboxylic acids is 3. The number of para-hydroxylation sites is 1. The number of rotatable bonds is 8. The van der Waals surface area contributed by atoms with Gasteiger partial charge in [-0.1, -0.05) is 23.9 Å². The number of ether oxygens (including phenoxy) is 2. The summed E-state index contributed by atoms with van der Waals surface area (Å²) in [4.78, 5) is 49.7. The number of hydrogen-bond donors (Lipinski definition) is 3. The van der Waals surface area contributed by atoms with E-state index in [0.29, 0.717) is 17.1 Å². The Hall–Kier alpha value is -4.42. The topological polar surface area (TPSA) is 126 Å². The van der Waals surface area contributed by atoms with Crippen LogP contribution in [0.1, 0.15) is 22.5 Å². The molecule has 0 unspecified atom stereocenters. The van der Waals surface area contributed by atoms with Gasteiger partial charge in [-0.3, -0.25) is 19.4 Å². The van der Waals surface area contributed by atoms with Crippen LogP contribution in [-0.4, -0.2) is 71.1 Å². The van der Waals surface area contributed by atoms with Crippen molar-refractivity contribution in [2.75, 3.05) is 26.8 Å². The van der Waals surface area contributed by atoms with E-state index in [2.05, 4.69) is 20.6 Å². The van der Waals surface area contributed by atoms with Gasteiger partial charge in [0.1, 0.15) is 17.5 Å². The number of nitrogens with zero attached hydrogens (tertiary/aromatic N) is 2. The van der Waals surface area contributed by atoms with E-state index >= 15 is 4.39 Å². The molecule has 2 aliphatic rings. The Morgan fingerprint density at radius 1 is 1.14 bits per heavy atom. The third kappa shape index (κ3) is 5.68. The average Bonchev–Trinajstić information content (AvgIpc) is 3.58. The molecule has 3 amide bonds. The Morgan fingerprint density at radius 3 is 2.81 bits per heavy atom. The summed E-state index contributed by atoms with van der Waals surface area (Å²) in [6.07, 6.45) is 3.15. The van der Waals surface area contributed by atoms with Crippen molar-refractivity contribution in [2.24, 2.45) is 0 Å². The van der Waals surface area contributed by atoms with Crippen molar-refractivity contribution in [3.05, 3.63) is 78.2 Å². The minimum Gasteiger partial charge on any atom is -0.455 e. The minimum atomic E-state index is -1.90. The molecule has 10 nitrogen and oxygen atoms in total. The van der Waals surface area contributed by atoms with Crippen molar-refractivity contribution in [3.8, 4) is 11.5 Å². The first-order chi connectivity index (χ1) is 20.3. The average molecular weight is 590 g/mol. The second kappa shape index (κ2) is 11.5. The summed E-state index contributed by atoms with van der Waals surface area (Å²) in [6, 6.07) is 15.3. The molecule has 216 valence electrons. The lowest BCUT2D eigenvalue weighted by Crippen LogP contribution is -2.49. The van der Waals surface area contributed by atoms with Gasteiger partial charge in [-0.05, 0) is 42.5 Å². The number of H-pyrrole nitrogens is 1. The maximum absolute atomic E-state index is 15.6. The zero-order chi connectivity index (χ0) is 29.3. The number of aromatic nitrogens is 2. The Labute approximate surface area is 245 Å². The number of nitrogens with one attached hydrogen (secondary N) is 3. The first-order valence-corrected chi connectivity index (χ1v) is 14.2. The van der Waals surface area contributed by atoms with E-state index in [1.54, 1.807) is 42.4 Å². The predicted octanol–water partition coefficient (Wildman–Crippen LogP) is 3.82. The number of alkyl halides is 1. The van der Waals surface area contributed by atoms with Crippen molar-refractivity contribution in [1.29, 1.82) is 0 Å². The smallest absolute Gasteiger partial charge is 0.251 e. The van der Waals surface area contributed by atoms with Gasteiger partial charge in [0.25, 0.3) is 5.91 Å². The van der Waals surface area contributed by atoms with E-state index in [9.17, 15) is 14.4 Å². The van der Waals surface area contributed by atoms with E-state index in [-0.39, 0.29) is 26.1 Å². The lowest BCUT2D eigenvalue weighted by atomic mass is 10.0. The van der Waals surface area contributed by atoms with Crippen molar-refractivity contribution < 1.29 is 28.2 Å². The molecule has 0 spiro atoms. The number of halogens is 1. The molecule has 6 rings (SSSR count). The highest BCUT2D eigenvalue weighted by molar-refractivity contribution is 7.99. The normalized spacial score (nSPS) is 19.1. The van der Waals surface area contributed by atoms with Crippen LogP contribution in [0.25, 0.3) is 10.9 Å². The standard InChI is InChI=1S/C30H28FN5O5S/c1-40-17-30(31)12-22(29(39)33-14-20-10-19-13-32-9-8-21(19)35-20)36(16-30)27(37)15-34-28(38)18-6-7-26-24(11-18)41-23-4-2-3-5-25(23)42-26/h2-11,13,22,35H,12,14-17H2,1H3,(H,33,39)(H,34,38)/t22-,30+/m0/s1. The fraction of sp³-hybridized carbons (Fsp3) is 0.267. The molecule has 0 radical (unpaired) electrons. The summed E-state index contributed by atoms with van der Waals surface area (Å²) in [7, 11) is 1.37. The minimum absolute atomic E-state index is 0.162. The number of hydrogen-bond acceptors (Lipinski definition) is 7. The van der Waals surface area contributed by atoms with Crippen LogP contribution in [0.5, 0.6) is 11.5 Å². The SMILES string of the molecule is COC[C@@]1(F)C[C@@H](C(=O)NCc2cc3cnccc3[nH]2)N(C(=O)CNC(=O)c2ccc3c(c2)Oc2ccccc2S3)C1. The van der Waals surface area contributed by atoms with Crippen LogP contribution in [-0.2, 0) is 20.9 Å². The van der Waals surface area contributed by atoms with Crippen molar-refractivity contribution in [3.63, 3.8) is 0 Å². The Balaban J connectivity index is 1.10. The number of carbonyl (C=O) groups is 3. The van der Waals surface area contributed by atoms with Gasteiger partial charge in [-0.2, -0.15) is 0 Å². The van der Waals surface area contributed by atoms with Crippen LogP contribution in [0.15, 0.2) is 76.8 Å². The zero-order valence-electron chi connectivity index (χ0n) is 22.7. The number of benzene rings is 2. The molecule has 2 atom stereocenters. The third-order valence-electron chi connectivity index (χ3n) is 7.24. The van der Waals surface area contributed by atoms with E-state index in [1.807, 2.05) is 36.4 Å². The highest BCUT2D eigenvalue weighted by Crippen LogP contribution is 2.46. The lowest BCUT2D eigenvalue weighted by Gasteiger charge is -2.24. The summed E-state index contributed by atoms with van der Waals surface area (Å²) >= 11 is 1.54. The predicted molar refractivity (Wildman–Crippen MR) is 153 cm³/mol. The molecule has 12 heteroatoms. The number of likely N-dealkylation sites (tertiary alicyclic amines) is 1.